The van der Waals surface area contributed by atoms with Crippen LogP contribution in [-0.4, -0.2) is 32.2 Å². The number of aromatic nitrogens is 4. The first-order valence-electron chi connectivity index (χ1n) is 7.17. The second kappa shape index (κ2) is 6.39. The predicted octanol–water partition coefficient (Wildman–Crippen LogP) is 1.41. The summed E-state index contributed by atoms with van der Waals surface area (Å²) in [6.45, 7) is 7.71. The number of H-pyrrole nitrogens is 1. The van der Waals surface area contributed by atoms with Crippen molar-refractivity contribution in [3.63, 3.8) is 0 Å². The molecule has 0 aliphatic heterocycles. The Labute approximate surface area is 132 Å². The minimum atomic E-state index is -0.475. The molecule has 2 aromatic heterocycles. The highest BCUT2D eigenvalue weighted by Gasteiger charge is 2.19. The summed E-state index contributed by atoms with van der Waals surface area (Å²) in [5.41, 5.74) is -0.170. The Kier molecular flexibility index (Phi) is 4.75. The summed E-state index contributed by atoms with van der Waals surface area (Å²) >= 11 is 5.91. The molecule has 120 valence electrons. The molecule has 0 aliphatic carbocycles. The number of nitrogens with zero attached hydrogens (tertiary/aromatic N) is 4. The molecule has 1 N–H and O–H groups in total. The summed E-state index contributed by atoms with van der Waals surface area (Å²) < 4.78 is 3.13. The predicted molar refractivity (Wildman–Crippen MR) is 88.8 cm³/mol. The van der Waals surface area contributed by atoms with E-state index >= 15 is 0 Å². The van der Waals surface area contributed by atoms with Gasteiger partial charge in [0.25, 0.3) is 5.56 Å². The lowest BCUT2D eigenvalue weighted by Gasteiger charge is -2.20. The van der Waals surface area contributed by atoms with Gasteiger partial charge < -0.3 is 9.47 Å². The average molecular weight is 326 g/mol. The number of rotatable bonds is 5. The zero-order valence-electron chi connectivity index (χ0n) is 13.2. The highest BCUT2D eigenvalue weighted by Crippen LogP contribution is 2.19. The minimum Gasteiger partial charge on any atom is -0.343 e. The molecule has 0 radical (unpaired) electrons. The van der Waals surface area contributed by atoms with Crippen molar-refractivity contribution in [1.29, 1.82) is 0 Å². The molecule has 0 bridgehead atoms. The topological polar surface area (TPSA) is 75.9 Å². The van der Waals surface area contributed by atoms with Crippen LogP contribution in [0.2, 0.25) is 0 Å². The molecule has 22 heavy (non-hydrogen) atoms. The smallest absolute Gasteiger partial charge is 0.329 e. The molecule has 0 amide bonds. The minimum absolute atomic E-state index is 0.372. The van der Waals surface area contributed by atoms with Crippen LogP contribution in [0.15, 0.2) is 20.7 Å². The summed E-state index contributed by atoms with van der Waals surface area (Å²) in [4.78, 5) is 32.8. The van der Waals surface area contributed by atoms with Crippen molar-refractivity contribution in [2.24, 2.45) is 7.05 Å². The van der Waals surface area contributed by atoms with E-state index in [1.807, 2.05) is 18.7 Å². The van der Waals surface area contributed by atoms with Gasteiger partial charge in [-0.15, -0.1) is 0 Å². The van der Waals surface area contributed by atoms with Gasteiger partial charge in [0.2, 0.25) is 5.95 Å². The molecule has 0 atom stereocenters. The van der Waals surface area contributed by atoms with Crippen LogP contribution in [0.5, 0.6) is 0 Å². The Morgan fingerprint density at radius 2 is 2.00 bits per heavy atom. The summed E-state index contributed by atoms with van der Waals surface area (Å²) in [5.74, 6) is 0.654. The maximum atomic E-state index is 12.2. The van der Waals surface area contributed by atoms with Gasteiger partial charge in [0.15, 0.2) is 11.2 Å². The van der Waals surface area contributed by atoms with Gasteiger partial charge in [-0.1, -0.05) is 17.7 Å². The normalized spacial score (nSPS) is 12.1. The second-order valence-electron chi connectivity index (χ2n) is 4.98. The van der Waals surface area contributed by atoms with E-state index in [2.05, 4.69) is 9.97 Å². The lowest BCUT2D eigenvalue weighted by atomic mass is 10.4. The molecule has 0 unspecified atom stereocenters. The molecule has 2 aromatic rings. The molecule has 0 saturated carbocycles. The van der Waals surface area contributed by atoms with Gasteiger partial charge >= 0.3 is 5.69 Å². The van der Waals surface area contributed by atoms with Crippen molar-refractivity contribution in [2.75, 3.05) is 18.0 Å². The van der Waals surface area contributed by atoms with E-state index in [-0.39, 0.29) is 0 Å². The Balaban J connectivity index is 2.83. The van der Waals surface area contributed by atoms with Gasteiger partial charge in [-0.25, -0.2) is 4.79 Å². The molecular weight excluding hydrogens is 306 g/mol. The number of aryl methyl sites for hydroxylation is 1. The monoisotopic (exact) mass is 325 g/mol. The number of allylic oxidation sites excluding steroid dienone is 2. The summed E-state index contributed by atoms with van der Waals surface area (Å²) in [6.07, 6.45) is 1.81. The molecule has 0 aromatic carbocycles. The average Bonchev–Trinajstić information content (AvgIpc) is 2.84. The molecule has 0 saturated heterocycles. The molecule has 7 nitrogen and oxygen atoms in total. The highest BCUT2D eigenvalue weighted by molar-refractivity contribution is 6.29. The van der Waals surface area contributed by atoms with E-state index in [1.165, 1.54) is 4.57 Å². The van der Waals surface area contributed by atoms with Crippen LogP contribution < -0.4 is 16.1 Å². The third-order valence-electron chi connectivity index (χ3n) is 3.59. The first kappa shape index (κ1) is 16.4. The maximum Gasteiger partial charge on any atom is 0.329 e. The van der Waals surface area contributed by atoms with Crippen molar-refractivity contribution in [3.8, 4) is 0 Å². The summed E-state index contributed by atoms with van der Waals surface area (Å²) in [6, 6.07) is 0. The van der Waals surface area contributed by atoms with Gasteiger partial charge in [-0.05, 0) is 20.8 Å². The molecule has 0 aliphatic rings. The van der Waals surface area contributed by atoms with E-state index in [4.69, 9.17) is 11.6 Å². The fourth-order valence-electron chi connectivity index (χ4n) is 2.36. The zero-order chi connectivity index (χ0) is 16.4. The Morgan fingerprint density at radius 1 is 1.36 bits per heavy atom. The lowest BCUT2D eigenvalue weighted by molar-refractivity contribution is 0.753. The Bertz CT molecular complexity index is 822. The molecule has 2 rings (SSSR count). The number of imidazole rings is 1. The largest absolute Gasteiger partial charge is 0.343 e. The fraction of sp³-hybridized carbons (Fsp3) is 0.500. The van der Waals surface area contributed by atoms with Crippen LogP contribution in [0.3, 0.4) is 0 Å². The molecule has 8 heteroatoms. The van der Waals surface area contributed by atoms with Crippen LogP contribution in [0.4, 0.5) is 5.95 Å². The fourth-order valence-corrected chi connectivity index (χ4v) is 2.43. The maximum absolute atomic E-state index is 12.2. The van der Waals surface area contributed by atoms with Crippen molar-refractivity contribution in [2.45, 2.75) is 27.3 Å². The molecule has 0 spiro atoms. The van der Waals surface area contributed by atoms with Gasteiger partial charge in [0.05, 0.1) is 0 Å². The third-order valence-corrected chi connectivity index (χ3v) is 3.74. The van der Waals surface area contributed by atoms with E-state index in [9.17, 15) is 9.59 Å². The molecule has 0 fully saturated rings. The van der Waals surface area contributed by atoms with Crippen LogP contribution in [0.25, 0.3) is 11.2 Å². The highest BCUT2D eigenvalue weighted by atomic mass is 35.5. The number of hydrogen-bond donors (Lipinski definition) is 1. The first-order valence-corrected chi connectivity index (χ1v) is 7.55. The van der Waals surface area contributed by atoms with Crippen LogP contribution >= 0.6 is 11.6 Å². The zero-order valence-corrected chi connectivity index (χ0v) is 13.9. The van der Waals surface area contributed by atoms with Crippen molar-refractivity contribution >= 4 is 28.7 Å². The SMILES string of the molecule is CCN(CC)c1nc2c(c(=O)[nH]c(=O)n2C)n1CC=C(C)Cl. The van der Waals surface area contributed by atoms with Gasteiger partial charge in [0.1, 0.15) is 0 Å². The summed E-state index contributed by atoms with van der Waals surface area (Å²) in [5, 5.41) is 0.633. The number of nitrogens with one attached hydrogen (secondary N) is 1. The van der Waals surface area contributed by atoms with E-state index in [0.717, 1.165) is 13.1 Å². The number of fused-ring (bicyclic) bond motifs is 1. The van der Waals surface area contributed by atoms with Crippen molar-refractivity contribution in [3.05, 3.63) is 31.9 Å². The van der Waals surface area contributed by atoms with Gasteiger partial charge in [-0.3, -0.25) is 14.3 Å². The quantitative estimate of drug-likeness (QED) is 0.902. The molecular formula is C14H20ClN5O2. The Morgan fingerprint density at radius 3 is 2.55 bits per heavy atom. The third kappa shape index (κ3) is 2.81. The Hall–Kier alpha value is -2.02. The van der Waals surface area contributed by atoms with Crippen LogP contribution in [0, 0.1) is 0 Å². The summed E-state index contributed by atoms with van der Waals surface area (Å²) in [7, 11) is 1.59. The standard InChI is InChI=1S/C14H20ClN5O2/c1-5-19(6-2)13-16-11-10(20(13)8-7-9(3)15)12(21)17-14(22)18(11)4/h7H,5-6,8H2,1-4H3,(H,17,21,22). The van der Waals surface area contributed by atoms with E-state index in [0.29, 0.717) is 28.7 Å². The van der Waals surface area contributed by atoms with Crippen LogP contribution in [-0.2, 0) is 13.6 Å². The number of anilines is 1. The van der Waals surface area contributed by atoms with Crippen molar-refractivity contribution < 1.29 is 0 Å². The van der Waals surface area contributed by atoms with Gasteiger partial charge in [-0.2, -0.15) is 4.98 Å². The number of aromatic amines is 1. The number of halogens is 1. The van der Waals surface area contributed by atoms with Gasteiger partial charge in [0, 0.05) is 31.7 Å². The second-order valence-corrected chi connectivity index (χ2v) is 5.57. The van der Waals surface area contributed by atoms with E-state index < -0.39 is 11.2 Å². The van der Waals surface area contributed by atoms with Crippen molar-refractivity contribution in [1.82, 2.24) is 19.1 Å². The number of hydrogen-bond acceptors (Lipinski definition) is 4. The van der Waals surface area contributed by atoms with Crippen LogP contribution in [0.1, 0.15) is 20.8 Å². The molecule has 2 heterocycles. The van der Waals surface area contributed by atoms with E-state index in [1.54, 1.807) is 24.6 Å². The lowest BCUT2D eigenvalue weighted by Crippen LogP contribution is -2.29. The first-order chi connectivity index (χ1) is 10.4.